The minimum atomic E-state index is -0.515. The fourth-order valence-corrected chi connectivity index (χ4v) is 1.94. The fraction of sp³-hybridized carbons (Fsp3) is 0.294. The van der Waals surface area contributed by atoms with Gasteiger partial charge in [0.05, 0.1) is 19.3 Å². The molecule has 0 spiro atoms. The Morgan fingerprint density at radius 1 is 1.10 bits per heavy atom. The lowest BCUT2D eigenvalue weighted by Gasteiger charge is -2.13. The van der Waals surface area contributed by atoms with E-state index in [1.165, 1.54) is 5.56 Å². The second-order valence-corrected chi connectivity index (χ2v) is 4.90. The molecular formula is C17H21NO2. The van der Waals surface area contributed by atoms with E-state index in [2.05, 4.69) is 11.4 Å². The van der Waals surface area contributed by atoms with E-state index in [4.69, 9.17) is 4.74 Å². The summed E-state index contributed by atoms with van der Waals surface area (Å²) in [6.45, 7) is 3.39. The first-order valence-corrected chi connectivity index (χ1v) is 6.84. The number of aliphatic hydroxyl groups excluding tert-OH is 1. The highest BCUT2D eigenvalue weighted by atomic mass is 16.5. The molecule has 0 bridgehead atoms. The van der Waals surface area contributed by atoms with Crippen LogP contribution in [0.1, 0.15) is 11.1 Å². The second-order valence-electron chi connectivity index (χ2n) is 4.90. The van der Waals surface area contributed by atoms with Gasteiger partial charge in [-0.2, -0.15) is 0 Å². The van der Waals surface area contributed by atoms with E-state index in [0.717, 1.165) is 11.3 Å². The number of ether oxygens (including phenoxy) is 1. The highest BCUT2D eigenvalue weighted by Gasteiger charge is 2.04. The average Bonchev–Trinajstić information content (AvgIpc) is 2.46. The molecule has 0 radical (unpaired) electrons. The van der Waals surface area contributed by atoms with Crippen molar-refractivity contribution in [3.05, 3.63) is 65.7 Å². The van der Waals surface area contributed by atoms with Crippen molar-refractivity contribution in [1.29, 1.82) is 0 Å². The van der Waals surface area contributed by atoms with Crippen LogP contribution in [-0.2, 0) is 11.3 Å². The van der Waals surface area contributed by atoms with Gasteiger partial charge in [-0.15, -0.1) is 0 Å². The Morgan fingerprint density at radius 3 is 2.65 bits per heavy atom. The Balaban J connectivity index is 1.67. The molecule has 106 valence electrons. The maximum atomic E-state index is 9.87. The van der Waals surface area contributed by atoms with Gasteiger partial charge in [0, 0.05) is 12.2 Å². The zero-order valence-corrected chi connectivity index (χ0v) is 11.8. The maximum Gasteiger partial charge on any atom is 0.0945 e. The lowest BCUT2D eigenvalue weighted by molar-refractivity contribution is 0.0348. The molecule has 0 heterocycles. The number of benzene rings is 2. The number of hydrogen-bond donors (Lipinski definition) is 2. The van der Waals surface area contributed by atoms with Crippen LogP contribution in [0, 0.1) is 6.92 Å². The molecule has 1 unspecified atom stereocenters. The summed E-state index contributed by atoms with van der Waals surface area (Å²) in [5.74, 6) is 0. The molecule has 2 N–H and O–H groups in total. The van der Waals surface area contributed by atoms with Crippen molar-refractivity contribution in [3.8, 4) is 0 Å². The normalized spacial score (nSPS) is 12.1. The zero-order chi connectivity index (χ0) is 14.2. The number of rotatable bonds is 7. The number of nitrogens with one attached hydrogen (secondary N) is 1. The highest BCUT2D eigenvalue weighted by molar-refractivity contribution is 5.45. The number of aryl methyl sites for hydroxylation is 1. The Labute approximate surface area is 120 Å². The van der Waals surface area contributed by atoms with Gasteiger partial charge in [0.15, 0.2) is 0 Å². The van der Waals surface area contributed by atoms with Gasteiger partial charge in [0.25, 0.3) is 0 Å². The Morgan fingerprint density at radius 2 is 1.90 bits per heavy atom. The van der Waals surface area contributed by atoms with Crippen LogP contribution in [0.3, 0.4) is 0 Å². The van der Waals surface area contributed by atoms with Crippen LogP contribution in [0.2, 0.25) is 0 Å². The lowest BCUT2D eigenvalue weighted by Crippen LogP contribution is -2.24. The molecule has 2 rings (SSSR count). The predicted octanol–water partition coefficient (Wildman–Crippen LogP) is 2.98. The molecule has 2 aromatic rings. The number of hydrogen-bond acceptors (Lipinski definition) is 3. The van der Waals surface area contributed by atoms with E-state index < -0.39 is 6.10 Å². The standard InChI is InChI=1S/C17H21NO2/c1-14-6-5-9-16(10-14)18-11-17(19)13-20-12-15-7-3-2-4-8-15/h2-10,17-19H,11-13H2,1H3. The van der Waals surface area contributed by atoms with Gasteiger partial charge in [-0.25, -0.2) is 0 Å². The molecule has 0 aliphatic carbocycles. The summed E-state index contributed by atoms with van der Waals surface area (Å²) < 4.78 is 5.50. The Hall–Kier alpha value is -1.84. The van der Waals surface area contributed by atoms with Crippen LogP contribution < -0.4 is 5.32 Å². The molecule has 0 amide bonds. The minimum Gasteiger partial charge on any atom is -0.389 e. The van der Waals surface area contributed by atoms with Crippen molar-refractivity contribution in [2.75, 3.05) is 18.5 Å². The molecule has 0 aromatic heterocycles. The van der Waals surface area contributed by atoms with Crippen molar-refractivity contribution < 1.29 is 9.84 Å². The molecule has 0 fully saturated rings. The average molecular weight is 271 g/mol. The van der Waals surface area contributed by atoms with Gasteiger partial charge in [-0.05, 0) is 30.2 Å². The summed E-state index contributed by atoms with van der Waals surface area (Å²) in [5, 5.41) is 13.1. The SMILES string of the molecule is Cc1cccc(NCC(O)COCc2ccccc2)c1. The molecule has 20 heavy (non-hydrogen) atoms. The van der Waals surface area contributed by atoms with Gasteiger partial charge < -0.3 is 15.2 Å². The van der Waals surface area contributed by atoms with Crippen molar-refractivity contribution in [2.24, 2.45) is 0 Å². The topological polar surface area (TPSA) is 41.5 Å². The highest BCUT2D eigenvalue weighted by Crippen LogP contribution is 2.09. The fourth-order valence-electron chi connectivity index (χ4n) is 1.94. The predicted molar refractivity (Wildman–Crippen MR) is 81.8 cm³/mol. The van der Waals surface area contributed by atoms with E-state index in [0.29, 0.717) is 19.8 Å². The smallest absolute Gasteiger partial charge is 0.0945 e. The molecule has 0 aliphatic rings. The molecule has 1 atom stereocenters. The quantitative estimate of drug-likeness (QED) is 0.813. The second kappa shape index (κ2) is 7.68. The minimum absolute atomic E-state index is 0.327. The maximum absolute atomic E-state index is 9.87. The van der Waals surface area contributed by atoms with Crippen LogP contribution >= 0.6 is 0 Å². The third kappa shape index (κ3) is 5.03. The summed E-state index contributed by atoms with van der Waals surface area (Å²) in [5.41, 5.74) is 3.34. The van der Waals surface area contributed by atoms with E-state index >= 15 is 0 Å². The van der Waals surface area contributed by atoms with Crippen LogP contribution in [0.15, 0.2) is 54.6 Å². The van der Waals surface area contributed by atoms with Crippen LogP contribution in [0.25, 0.3) is 0 Å². The third-order valence-corrected chi connectivity index (χ3v) is 2.98. The molecular weight excluding hydrogens is 250 g/mol. The van der Waals surface area contributed by atoms with E-state index in [-0.39, 0.29) is 0 Å². The first-order chi connectivity index (χ1) is 9.74. The first-order valence-electron chi connectivity index (χ1n) is 6.84. The summed E-state index contributed by atoms with van der Waals surface area (Å²) in [4.78, 5) is 0. The Bertz CT molecular complexity index is 513. The van der Waals surface area contributed by atoms with Crippen molar-refractivity contribution >= 4 is 5.69 Å². The van der Waals surface area contributed by atoms with E-state index in [1.807, 2.05) is 55.5 Å². The lowest BCUT2D eigenvalue weighted by atomic mass is 10.2. The Kier molecular flexibility index (Phi) is 5.59. The van der Waals surface area contributed by atoms with Crippen LogP contribution in [0.4, 0.5) is 5.69 Å². The number of anilines is 1. The molecule has 2 aromatic carbocycles. The molecule has 0 saturated carbocycles. The molecule has 3 heteroatoms. The van der Waals surface area contributed by atoms with Gasteiger partial charge in [-0.3, -0.25) is 0 Å². The number of aliphatic hydroxyl groups is 1. The summed E-state index contributed by atoms with van der Waals surface area (Å²) in [6.07, 6.45) is -0.515. The van der Waals surface area contributed by atoms with Gasteiger partial charge in [-0.1, -0.05) is 42.5 Å². The molecule has 0 aliphatic heterocycles. The van der Waals surface area contributed by atoms with Crippen LogP contribution in [-0.4, -0.2) is 24.4 Å². The van der Waals surface area contributed by atoms with Gasteiger partial charge in [0.1, 0.15) is 0 Å². The van der Waals surface area contributed by atoms with E-state index in [9.17, 15) is 5.11 Å². The third-order valence-electron chi connectivity index (χ3n) is 2.98. The largest absolute Gasteiger partial charge is 0.389 e. The van der Waals surface area contributed by atoms with Crippen molar-refractivity contribution in [3.63, 3.8) is 0 Å². The van der Waals surface area contributed by atoms with Crippen molar-refractivity contribution in [1.82, 2.24) is 0 Å². The monoisotopic (exact) mass is 271 g/mol. The van der Waals surface area contributed by atoms with Gasteiger partial charge in [0.2, 0.25) is 0 Å². The zero-order valence-electron chi connectivity index (χ0n) is 11.8. The molecule has 0 saturated heterocycles. The van der Waals surface area contributed by atoms with Crippen LogP contribution in [0.5, 0.6) is 0 Å². The van der Waals surface area contributed by atoms with Gasteiger partial charge >= 0.3 is 0 Å². The summed E-state index contributed by atoms with van der Waals surface area (Å²) in [6, 6.07) is 18.0. The van der Waals surface area contributed by atoms with E-state index in [1.54, 1.807) is 0 Å². The molecule has 3 nitrogen and oxygen atoms in total. The summed E-state index contributed by atoms with van der Waals surface area (Å²) >= 11 is 0. The summed E-state index contributed by atoms with van der Waals surface area (Å²) in [7, 11) is 0. The first kappa shape index (κ1) is 14.6. The van der Waals surface area contributed by atoms with Crippen molar-refractivity contribution in [2.45, 2.75) is 19.6 Å².